The van der Waals surface area contributed by atoms with Crippen LogP contribution in [0, 0.1) is 5.82 Å². The minimum Gasteiger partial charge on any atom is -0.435 e. The third-order valence-electron chi connectivity index (χ3n) is 2.61. The zero-order chi connectivity index (χ0) is 15.4. The van der Waals surface area contributed by atoms with Gasteiger partial charge in [0.2, 0.25) is 0 Å². The average Bonchev–Trinajstić information content (AvgIpc) is 2.42. The van der Waals surface area contributed by atoms with Gasteiger partial charge in [0.05, 0.1) is 0 Å². The van der Waals surface area contributed by atoms with Gasteiger partial charge in [0.1, 0.15) is 16.6 Å². The van der Waals surface area contributed by atoms with E-state index in [1.807, 2.05) is 0 Å². The van der Waals surface area contributed by atoms with Crippen molar-refractivity contribution in [2.24, 2.45) is 5.73 Å². The quantitative estimate of drug-likeness (QED) is 0.824. The van der Waals surface area contributed by atoms with E-state index in [0.717, 1.165) is 0 Å². The summed E-state index contributed by atoms with van der Waals surface area (Å²) in [6, 6.07) is 9.84. The number of rotatable bonds is 5. The number of hydrogen-bond acceptors (Lipinski definition) is 3. The number of halogens is 3. The number of ether oxygens (including phenoxy) is 1. The largest absolute Gasteiger partial charge is 0.435 e. The lowest BCUT2D eigenvalue weighted by molar-refractivity contribution is -0.0498. The SMILES string of the molecule is NC(=S)c1cc(F)ccc1Nc1ccc(OC(F)F)cc1. The normalized spacial score (nSPS) is 10.5. The topological polar surface area (TPSA) is 47.3 Å². The van der Waals surface area contributed by atoms with Crippen LogP contribution in [-0.4, -0.2) is 11.6 Å². The van der Waals surface area contributed by atoms with Gasteiger partial charge in [0.25, 0.3) is 0 Å². The number of nitrogens with two attached hydrogens (primary N) is 1. The Morgan fingerprint density at radius 2 is 1.81 bits per heavy atom. The molecule has 0 saturated carbocycles. The third kappa shape index (κ3) is 4.09. The van der Waals surface area contributed by atoms with Crippen LogP contribution in [0.15, 0.2) is 42.5 Å². The Morgan fingerprint density at radius 1 is 1.14 bits per heavy atom. The predicted molar refractivity (Wildman–Crippen MR) is 78.6 cm³/mol. The number of anilines is 2. The van der Waals surface area contributed by atoms with Crippen molar-refractivity contribution in [1.29, 1.82) is 0 Å². The lowest BCUT2D eigenvalue weighted by atomic mass is 10.1. The molecule has 0 amide bonds. The number of benzene rings is 2. The Balaban J connectivity index is 2.20. The molecule has 3 nitrogen and oxygen atoms in total. The van der Waals surface area contributed by atoms with Crippen molar-refractivity contribution in [3.05, 3.63) is 53.8 Å². The van der Waals surface area contributed by atoms with E-state index in [1.165, 1.54) is 30.3 Å². The van der Waals surface area contributed by atoms with Gasteiger partial charge < -0.3 is 15.8 Å². The van der Waals surface area contributed by atoms with Crippen LogP contribution < -0.4 is 15.8 Å². The van der Waals surface area contributed by atoms with Crippen LogP contribution in [-0.2, 0) is 0 Å². The molecule has 0 radical (unpaired) electrons. The molecule has 0 unspecified atom stereocenters. The van der Waals surface area contributed by atoms with Crippen molar-refractivity contribution < 1.29 is 17.9 Å². The molecule has 0 bridgehead atoms. The molecule has 2 aromatic carbocycles. The van der Waals surface area contributed by atoms with Gasteiger partial charge in [-0.05, 0) is 42.5 Å². The highest BCUT2D eigenvalue weighted by atomic mass is 32.1. The van der Waals surface area contributed by atoms with Crippen LogP contribution in [0.25, 0.3) is 0 Å². The van der Waals surface area contributed by atoms with Gasteiger partial charge in [0, 0.05) is 16.9 Å². The standard InChI is InChI=1S/C14H11F3N2OS/c15-8-1-6-12(11(7-8)13(18)21)19-9-2-4-10(5-3-9)20-14(16)17/h1-7,14,19H,(H2,18,21). The first-order chi connectivity index (χ1) is 9.95. The third-order valence-corrected chi connectivity index (χ3v) is 2.83. The van der Waals surface area contributed by atoms with Gasteiger partial charge in [-0.15, -0.1) is 0 Å². The Hall–Kier alpha value is -2.28. The number of nitrogens with one attached hydrogen (secondary N) is 1. The van der Waals surface area contributed by atoms with Crippen molar-refractivity contribution in [1.82, 2.24) is 0 Å². The first kappa shape index (κ1) is 15.1. The molecule has 0 heterocycles. The fraction of sp³-hybridized carbons (Fsp3) is 0.0714. The van der Waals surface area contributed by atoms with Crippen molar-refractivity contribution in [3.8, 4) is 5.75 Å². The lowest BCUT2D eigenvalue weighted by Gasteiger charge is -2.12. The molecular weight excluding hydrogens is 301 g/mol. The maximum absolute atomic E-state index is 13.2. The Bertz CT molecular complexity index is 647. The highest BCUT2D eigenvalue weighted by Gasteiger charge is 2.08. The molecule has 0 spiro atoms. The lowest BCUT2D eigenvalue weighted by Crippen LogP contribution is -2.12. The molecule has 0 aliphatic heterocycles. The van der Waals surface area contributed by atoms with Crippen molar-refractivity contribution in [2.45, 2.75) is 6.61 Å². The van der Waals surface area contributed by atoms with E-state index < -0.39 is 12.4 Å². The highest BCUT2D eigenvalue weighted by molar-refractivity contribution is 7.80. The second-order valence-corrected chi connectivity index (χ2v) is 4.52. The highest BCUT2D eigenvalue weighted by Crippen LogP contribution is 2.24. The van der Waals surface area contributed by atoms with E-state index in [2.05, 4.69) is 10.1 Å². The second kappa shape index (κ2) is 6.45. The van der Waals surface area contributed by atoms with Gasteiger partial charge in [-0.1, -0.05) is 12.2 Å². The fourth-order valence-corrected chi connectivity index (χ4v) is 1.87. The molecular formula is C14H11F3N2OS. The van der Waals surface area contributed by atoms with Gasteiger partial charge in [-0.3, -0.25) is 0 Å². The number of thiocarbonyl (C=S) groups is 1. The summed E-state index contributed by atoms with van der Waals surface area (Å²) in [5.41, 5.74) is 7.01. The molecule has 21 heavy (non-hydrogen) atoms. The molecule has 0 aromatic heterocycles. The maximum Gasteiger partial charge on any atom is 0.387 e. The minimum atomic E-state index is -2.87. The van der Waals surface area contributed by atoms with Crippen LogP contribution in [0.5, 0.6) is 5.75 Å². The molecule has 7 heteroatoms. The summed E-state index contributed by atoms with van der Waals surface area (Å²) in [5.74, 6) is -0.409. The van der Waals surface area contributed by atoms with Crippen LogP contribution >= 0.6 is 12.2 Å². The summed E-state index contributed by atoms with van der Waals surface area (Å²) >= 11 is 4.86. The van der Waals surface area contributed by atoms with E-state index in [4.69, 9.17) is 18.0 Å². The molecule has 0 saturated heterocycles. The molecule has 110 valence electrons. The molecule has 0 fully saturated rings. The Morgan fingerprint density at radius 3 is 2.38 bits per heavy atom. The number of hydrogen-bond donors (Lipinski definition) is 2. The minimum absolute atomic E-state index is 0.0456. The zero-order valence-corrected chi connectivity index (χ0v) is 11.5. The summed E-state index contributed by atoms with van der Waals surface area (Å²) in [7, 11) is 0. The molecule has 0 aliphatic carbocycles. The van der Waals surface area contributed by atoms with E-state index in [1.54, 1.807) is 12.1 Å². The molecule has 0 aliphatic rings. The van der Waals surface area contributed by atoms with E-state index in [9.17, 15) is 13.2 Å². The van der Waals surface area contributed by atoms with Crippen LogP contribution in [0.1, 0.15) is 5.56 Å². The number of alkyl halides is 2. The molecule has 3 N–H and O–H groups in total. The summed E-state index contributed by atoms with van der Waals surface area (Å²) in [5, 5.41) is 2.98. The second-order valence-electron chi connectivity index (χ2n) is 4.08. The van der Waals surface area contributed by atoms with Crippen molar-refractivity contribution in [3.63, 3.8) is 0 Å². The first-order valence-electron chi connectivity index (χ1n) is 5.87. The zero-order valence-electron chi connectivity index (χ0n) is 10.6. The Labute approximate surface area is 124 Å². The van der Waals surface area contributed by atoms with Gasteiger partial charge in [-0.25, -0.2) is 4.39 Å². The van der Waals surface area contributed by atoms with E-state index in [0.29, 0.717) is 16.9 Å². The maximum atomic E-state index is 13.2. The van der Waals surface area contributed by atoms with Crippen molar-refractivity contribution >= 4 is 28.6 Å². The average molecular weight is 312 g/mol. The molecule has 0 atom stereocenters. The van der Waals surface area contributed by atoms with Crippen molar-refractivity contribution in [2.75, 3.05) is 5.32 Å². The van der Waals surface area contributed by atoms with Crippen LogP contribution in [0.3, 0.4) is 0 Å². The summed E-state index contributed by atoms with van der Waals surface area (Å²) < 4.78 is 41.5. The van der Waals surface area contributed by atoms with Gasteiger partial charge in [0.15, 0.2) is 0 Å². The van der Waals surface area contributed by atoms with E-state index in [-0.39, 0.29) is 10.7 Å². The summed E-state index contributed by atoms with van der Waals surface area (Å²) in [4.78, 5) is 0.0506. The van der Waals surface area contributed by atoms with Gasteiger partial charge >= 0.3 is 6.61 Å². The van der Waals surface area contributed by atoms with Crippen LogP contribution in [0.4, 0.5) is 24.5 Å². The fourth-order valence-electron chi connectivity index (χ4n) is 1.70. The monoisotopic (exact) mass is 312 g/mol. The van der Waals surface area contributed by atoms with Crippen LogP contribution in [0.2, 0.25) is 0 Å². The molecule has 2 aromatic rings. The molecule has 2 rings (SSSR count). The van der Waals surface area contributed by atoms with Gasteiger partial charge in [-0.2, -0.15) is 8.78 Å². The summed E-state index contributed by atoms with van der Waals surface area (Å²) in [6.07, 6.45) is 0. The Kier molecular flexibility index (Phi) is 4.64. The first-order valence-corrected chi connectivity index (χ1v) is 6.28. The predicted octanol–water partition coefficient (Wildman–Crippen LogP) is 3.80. The smallest absolute Gasteiger partial charge is 0.387 e. The van der Waals surface area contributed by atoms with E-state index >= 15 is 0 Å². The summed E-state index contributed by atoms with van der Waals surface area (Å²) in [6.45, 7) is -2.87.